The van der Waals surface area contributed by atoms with Gasteiger partial charge in [0, 0.05) is 43.3 Å². The number of benzene rings is 2. The molecule has 14 heteroatoms. The lowest BCUT2D eigenvalue weighted by molar-refractivity contribution is -0.130. The van der Waals surface area contributed by atoms with Crippen LogP contribution in [-0.2, 0) is 18.9 Å². The number of carbonyl (C=O) groups is 2. The van der Waals surface area contributed by atoms with Crippen molar-refractivity contribution >= 4 is 29.0 Å². The van der Waals surface area contributed by atoms with Crippen molar-refractivity contribution in [3.63, 3.8) is 0 Å². The molecular formula is C32H30ClN3O10. The van der Waals surface area contributed by atoms with E-state index in [1.807, 2.05) is 0 Å². The van der Waals surface area contributed by atoms with Gasteiger partial charge in [-0.2, -0.15) is 0 Å². The number of nitrogens with one attached hydrogen (secondary N) is 1. The highest BCUT2D eigenvalue weighted by Gasteiger charge is 2.64. The minimum Gasteiger partial charge on any atom is -0.496 e. The fourth-order valence-electron chi connectivity index (χ4n) is 6.98. The topological polar surface area (TPSA) is 146 Å². The fraction of sp³-hybridized carbons (Fsp3) is 0.375. The second-order valence-corrected chi connectivity index (χ2v) is 11.9. The molecule has 3 aliphatic heterocycles. The quantitative estimate of drug-likeness (QED) is 0.416. The van der Waals surface area contributed by atoms with Crippen LogP contribution in [0.2, 0.25) is 5.02 Å². The molecule has 0 unspecified atom stereocenters. The third-order valence-corrected chi connectivity index (χ3v) is 9.62. The number of methoxy groups -OCH3 is 3. The van der Waals surface area contributed by atoms with Gasteiger partial charge in [-0.05, 0) is 24.1 Å². The van der Waals surface area contributed by atoms with Crippen LogP contribution in [0.1, 0.15) is 40.7 Å². The van der Waals surface area contributed by atoms with E-state index in [1.54, 1.807) is 19.1 Å². The van der Waals surface area contributed by atoms with Crippen LogP contribution >= 0.6 is 11.6 Å². The highest BCUT2D eigenvalue weighted by atomic mass is 35.5. The lowest BCUT2D eigenvalue weighted by atomic mass is 9.66. The largest absolute Gasteiger partial charge is 0.496 e. The molecule has 0 radical (unpaired) electrons. The van der Waals surface area contributed by atoms with E-state index < -0.39 is 40.3 Å². The molecule has 3 atom stereocenters. The van der Waals surface area contributed by atoms with E-state index in [1.165, 1.54) is 46.1 Å². The molecule has 0 fully saturated rings. The van der Waals surface area contributed by atoms with Crippen LogP contribution in [0.15, 0.2) is 39.1 Å². The molecule has 0 saturated carbocycles. The highest BCUT2D eigenvalue weighted by molar-refractivity contribution is 6.36. The monoisotopic (exact) mass is 651 g/mol. The molecule has 1 spiro atoms. The van der Waals surface area contributed by atoms with E-state index in [4.69, 9.17) is 40.0 Å². The van der Waals surface area contributed by atoms with Gasteiger partial charge in [-0.25, -0.2) is 4.79 Å². The number of nitrogens with zero attached hydrogens (tertiary/aromatic N) is 2. The molecule has 4 aliphatic rings. The first-order valence-corrected chi connectivity index (χ1v) is 14.9. The second kappa shape index (κ2) is 10.3. The first kappa shape index (κ1) is 29.8. The summed E-state index contributed by atoms with van der Waals surface area (Å²) in [5.74, 6) is -1.42. The first-order chi connectivity index (χ1) is 22.0. The number of hydrogen-bond donors (Lipinski definition) is 1. The predicted octanol–water partition coefficient (Wildman–Crippen LogP) is 2.97. The van der Waals surface area contributed by atoms with Gasteiger partial charge in [0.05, 0.1) is 26.9 Å². The van der Waals surface area contributed by atoms with Crippen LogP contribution in [-0.4, -0.2) is 60.8 Å². The summed E-state index contributed by atoms with van der Waals surface area (Å²) in [4.78, 5) is 56.6. The molecule has 13 nitrogen and oxygen atoms in total. The Balaban J connectivity index is 1.49. The predicted molar refractivity (Wildman–Crippen MR) is 164 cm³/mol. The van der Waals surface area contributed by atoms with Gasteiger partial charge in [-0.3, -0.25) is 23.5 Å². The summed E-state index contributed by atoms with van der Waals surface area (Å²) in [6.45, 7) is 2.32. The Morgan fingerprint density at radius 1 is 0.891 bits per heavy atom. The van der Waals surface area contributed by atoms with Crippen LogP contribution in [0.3, 0.4) is 0 Å². The molecule has 46 heavy (non-hydrogen) atoms. The number of ether oxygens (including phenoxy) is 6. The second-order valence-electron chi connectivity index (χ2n) is 11.6. The summed E-state index contributed by atoms with van der Waals surface area (Å²) >= 11 is 6.64. The average molecular weight is 652 g/mol. The van der Waals surface area contributed by atoms with Gasteiger partial charge in [0.25, 0.3) is 5.56 Å². The van der Waals surface area contributed by atoms with E-state index in [0.29, 0.717) is 35.1 Å². The molecule has 7 rings (SSSR count). The van der Waals surface area contributed by atoms with Crippen molar-refractivity contribution in [1.29, 1.82) is 0 Å². The van der Waals surface area contributed by atoms with Gasteiger partial charge in [0.2, 0.25) is 22.9 Å². The molecule has 2 aromatic carbocycles. The standard InChI is InChI=1S/C32H30ClN3O10/c1-13-9-15-21(27(37)32(13)28(38)22-16(41-4)12-17(42-5)24(33)26(22)46-32)20(23-29(34-15)35(2)31(40)36(3)30(23)39)14-10-18(43-6)25-19(11-14)44-7-8-45-25/h10-13,20,34H,7-9H2,1-6H3/t13-,20+,32+/m1/s1. The number of ketones is 2. The van der Waals surface area contributed by atoms with E-state index in [-0.39, 0.29) is 57.8 Å². The maximum absolute atomic E-state index is 15.1. The Morgan fingerprint density at radius 2 is 1.59 bits per heavy atom. The van der Waals surface area contributed by atoms with Crippen LogP contribution in [0.5, 0.6) is 34.5 Å². The number of rotatable bonds is 4. The van der Waals surface area contributed by atoms with Crippen LogP contribution in [0, 0.1) is 5.92 Å². The number of fused-ring (bicyclic) bond motifs is 3. The smallest absolute Gasteiger partial charge is 0.332 e. The van der Waals surface area contributed by atoms with Crippen molar-refractivity contribution in [3.05, 3.63) is 72.0 Å². The van der Waals surface area contributed by atoms with Crippen molar-refractivity contribution in [2.24, 2.45) is 20.0 Å². The third kappa shape index (κ3) is 3.74. The van der Waals surface area contributed by atoms with Gasteiger partial charge >= 0.3 is 5.69 Å². The SMILES string of the molecule is COc1cc(OC)c2c(c1Cl)O[C@@]1(C(=O)C3=C(C[C@H]1C)Nc1c(c(=O)n(C)c(=O)n1C)[C@H]3c1cc(OC)c3c(c1)OCCO3)C2=O. The zero-order valence-electron chi connectivity index (χ0n) is 25.9. The molecule has 240 valence electrons. The Hall–Kier alpha value is -4.91. The van der Waals surface area contributed by atoms with E-state index in [9.17, 15) is 14.4 Å². The molecule has 4 heterocycles. The van der Waals surface area contributed by atoms with Crippen LogP contribution in [0.25, 0.3) is 0 Å². The van der Waals surface area contributed by atoms with Gasteiger partial charge in [0.15, 0.2) is 17.2 Å². The van der Waals surface area contributed by atoms with E-state index in [2.05, 4.69) is 5.32 Å². The van der Waals surface area contributed by atoms with Gasteiger partial charge in [-0.15, -0.1) is 0 Å². The van der Waals surface area contributed by atoms with Crippen molar-refractivity contribution in [2.45, 2.75) is 24.9 Å². The summed E-state index contributed by atoms with van der Waals surface area (Å²) < 4.78 is 36.9. The highest BCUT2D eigenvalue weighted by Crippen LogP contribution is 2.57. The first-order valence-electron chi connectivity index (χ1n) is 14.5. The number of allylic oxidation sites excluding steroid dienone is 1. The van der Waals surface area contributed by atoms with Crippen molar-refractivity contribution in [1.82, 2.24) is 9.13 Å². The molecule has 1 aromatic heterocycles. The minimum absolute atomic E-state index is 0.0207. The average Bonchev–Trinajstić information content (AvgIpc) is 3.38. The maximum atomic E-state index is 15.1. The number of aromatic nitrogens is 2. The molecule has 0 amide bonds. The Morgan fingerprint density at radius 3 is 2.28 bits per heavy atom. The zero-order chi connectivity index (χ0) is 32.8. The fourth-order valence-corrected chi connectivity index (χ4v) is 7.25. The Bertz CT molecular complexity index is 2030. The van der Waals surface area contributed by atoms with Crippen molar-refractivity contribution in [3.8, 4) is 34.5 Å². The normalized spacial score (nSPS) is 22.5. The van der Waals surface area contributed by atoms with Crippen molar-refractivity contribution < 1.29 is 38.0 Å². The molecule has 3 aromatic rings. The Kier molecular flexibility index (Phi) is 6.67. The number of hydrogen-bond acceptors (Lipinski definition) is 11. The molecule has 0 saturated heterocycles. The van der Waals surface area contributed by atoms with Gasteiger partial charge in [-0.1, -0.05) is 18.5 Å². The van der Waals surface area contributed by atoms with Crippen LogP contribution < -0.4 is 45.0 Å². The maximum Gasteiger partial charge on any atom is 0.332 e. The van der Waals surface area contributed by atoms with Crippen LogP contribution in [0.4, 0.5) is 5.82 Å². The van der Waals surface area contributed by atoms with E-state index >= 15 is 4.79 Å². The number of Topliss-reactive ketones (excluding diaryl/α,β-unsaturated/α-hetero) is 2. The van der Waals surface area contributed by atoms with Gasteiger partial charge < -0.3 is 33.7 Å². The molecule has 0 bridgehead atoms. The summed E-state index contributed by atoms with van der Waals surface area (Å²) in [5, 5.41) is 3.23. The molecular weight excluding hydrogens is 622 g/mol. The number of halogens is 1. The number of carbonyl (C=O) groups excluding carboxylic acids is 2. The molecule has 1 N–H and O–H groups in total. The zero-order valence-corrected chi connectivity index (χ0v) is 26.6. The lowest BCUT2D eigenvalue weighted by Crippen LogP contribution is -2.58. The van der Waals surface area contributed by atoms with Crippen molar-refractivity contribution in [2.75, 3.05) is 39.9 Å². The third-order valence-electron chi connectivity index (χ3n) is 9.26. The summed E-state index contributed by atoms with van der Waals surface area (Å²) in [6.07, 6.45) is 0.152. The summed E-state index contributed by atoms with van der Waals surface area (Å²) in [6, 6.07) is 4.81. The Labute approximate surface area is 267 Å². The minimum atomic E-state index is -2.04. The lowest BCUT2D eigenvalue weighted by Gasteiger charge is -2.42. The number of anilines is 1. The summed E-state index contributed by atoms with van der Waals surface area (Å²) in [5.41, 5.74) is -2.03. The summed E-state index contributed by atoms with van der Waals surface area (Å²) in [7, 11) is 7.18. The van der Waals surface area contributed by atoms with E-state index in [0.717, 1.165) is 4.57 Å². The molecule has 1 aliphatic carbocycles. The van der Waals surface area contributed by atoms with Gasteiger partial charge in [0.1, 0.15) is 41.1 Å².